The Kier molecular flexibility index (Phi) is 11.2. The number of nitrogens with one attached hydrogen (secondary N) is 4. The number of nitrogens with zero attached hydrogens (tertiary/aromatic N) is 2. The normalized spacial score (nSPS) is 18.9. The summed E-state index contributed by atoms with van der Waals surface area (Å²) in [6.45, 7) is 2.60. The number of anilines is 2. The summed E-state index contributed by atoms with van der Waals surface area (Å²) in [6.07, 6.45) is 3.91. The van der Waals surface area contributed by atoms with Crippen molar-refractivity contribution in [1.82, 2.24) is 25.7 Å². The Hall–Kier alpha value is -4.01. The lowest BCUT2D eigenvalue weighted by molar-refractivity contribution is -0.121. The van der Waals surface area contributed by atoms with Crippen molar-refractivity contribution in [3.05, 3.63) is 53.3 Å². The molecule has 2 aromatic carbocycles. The van der Waals surface area contributed by atoms with Crippen LogP contribution in [0.3, 0.4) is 0 Å². The quantitative estimate of drug-likeness (QED) is 0.0898. The van der Waals surface area contributed by atoms with E-state index in [0.717, 1.165) is 47.4 Å². The molecule has 258 valence electrons. The van der Waals surface area contributed by atoms with E-state index in [-0.39, 0.29) is 29.8 Å². The molecule has 12 nitrogen and oxygen atoms in total. The average molecular weight is 683 g/mol. The Bertz CT molecular complexity index is 1600. The second-order valence-corrected chi connectivity index (χ2v) is 13.3. The fourth-order valence-corrected chi connectivity index (χ4v) is 8.05. The number of methoxy groups -OCH3 is 2. The zero-order valence-electron chi connectivity index (χ0n) is 27.3. The number of hydrogen-bond acceptors (Lipinski definition) is 9. The first-order chi connectivity index (χ1) is 23.4. The fourth-order valence-electron chi connectivity index (χ4n) is 6.51. The molecule has 3 amide bonds. The fraction of sp³-hybridized carbons (Fsp3) is 0.500. The maximum atomic E-state index is 13.9. The Morgan fingerprint density at radius 1 is 1.06 bits per heavy atom. The molecule has 2 aliphatic heterocycles. The average Bonchev–Trinajstić information content (AvgIpc) is 3.82. The lowest BCUT2D eigenvalue weighted by Gasteiger charge is -2.16. The van der Waals surface area contributed by atoms with Crippen LogP contribution in [0.2, 0.25) is 0 Å². The topological polar surface area (TPSA) is 137 Å². The van der Waals surface area contributed by atoms with Gasteiger partial charge >= 0.3 is 6.03 Å². The number of urea groups is 1. The van der Waals surface area contributed by atoms with Crippen molar-refractivity contribution in [3.63, 3.8) is 0 Å². The molecule has 3 aromatic rings. The minimum Gasteiger partial charge on any atom is -0.493 e. The molecule has 2 fully saturated rings. The highest BCUT2D eigenvalue weighted by molar-refractivity contribution is 8.00. The van der Waals surface area contributed by atoms with E-state index < -0.39 is 0 Å². The van der Waals surface area contributed by atoms with Gasteiger partial charge in [-0.3, -0.25) is 9.48 Å². The van der Waals surface area contributed by atoms with Gasteiger partial charge in [0.05, 0.1) is 65.0 Å². The molecule has 0 saturated carbocycles. The van der Waals surface area contributed by atoms with Crippen molar-refractivity contribution in [2.24, 2.45) is 0 Å². The highest BCUT2D eigenvalue weighted by Gasteiger charge is 2.42. The zero-order chi connectivity index (χ0) is 33.5. The predicted molar refractivity (Wildman–Crippen MR) is 182 cm³/mol. The lowest BCUT2D eigenvalue weighted by atomic mass is 10.0. The van der Waals surface area contributed by atoms with Crippen LogP contribution in [0, 0.1) is 5.82 Å². The van der Waals surface area contributed by atoms with E-state index in [9.17, 15) is 14.0 Å². The van der Waals surface area contributed by atoms with E-state index in [2.05, 4.69) is 21.3 Å². The van der Waals surface area contributed by atoms with E-state index in [4.69, 9.17) is 24.0 Å². The standard InChI is InChI=1S/C34H43FN6O6S/c1-44-27-17-21-16-25-32(24(21)19-28(27)45-2)41(40-33(25)37-23-7-5-6-22(35)18-23)11-13-47-15-14-46-12-10-36-30(42)9-4-3-8-29-31-26(20-48-29)38-34(43)39-31/h5-7,17-19,26,29,31H,3-4,8-16,20H2,1-2H3,(H,36,42)(H,37,40)(H2,38,39,43). The Labute approximate surface area is 283 Å². The summed E-state index contributed by atoms with van der Waals surface area (Å²) in [5, 5.41) is 17.4. The first-order valence-corrected chi connectivity index (χ1v) is 17.5. The molecule has 2 saturated heterocycles. The molecule has 0 bridgehead atoms. The van der Waals surface area contributed by atoms with Crippen molar-refractivity contribution in [3.8, 4) is 22.8 Å². The number of aromatic nitrogens is 2. The van der Waals surface area contributed by atoms with Crippen molar-refractivity contribution < 1.29 is 32.9 Å². The van der Waals surface area contributed by atoms with Crippen molar-refractivity contribution in [2.75, 3.05) is 58.3 Å². The van der Waals surface area contributed by atoms with Crippen LogP contribution >= 0.6 is 11.8 Å². The molecule has 48 heavy (non-hydrogen) atoms. The molecule has 0 spiro atoms. The number of rotatable bonds is 18. The summed E-state index contributed by atoms with van der Waals surface area (Å²) >= 11 is 1.90. The maximum Gasteiger partial charge on any atom is 0.315 e. The number of carbonyl (C=O) groups excluding carboxylic acids is 2. The van der Waals surface area contributed by atoms with Crippen LogP contribution in [0.1, 0.15) is 36.8 Å². The van der Waals surface area contributed by atoms with Crippen LogP contribution in [0.15, 0.2) is 36.4 Å². The van der Waals surface area contributed by atoms with Gasteiger partial charge in [0.25, 0.3) is 0 Å². The molecule has 14 heteroatoms. The van der Waals surface area contributed by atoms with E-state index >= 15 is 0 Å². The zero-order valence-corrected chi connectivity index (χ0v) is 28.1. The number of amides is 3. The molecule has 6 rings (SSSR count). The highest BCUT2D eigenvalue weighted by Crippen LogP contribution is 2.45. The van der Waals surface area contributed by atoms with Gasteiger partial charge in [-0.25, -0.2) is 9.18 Å². The van der Waals surface area contributed by atoms with Gasteiger partial charge < -0.3 is 40.2 Å². The Morgan fingerprint density at radius 2 is 1.88 bits per heavy atom. The SMILES string of the molecule is COc1cc2c(cc1OC)-c1c(c(Nc3cccc(F)c3)nn1CCOCCOCCNC(=O)CCCCC1SCC3NC(=O)NC31)C2. The third-order valence-electron chi connectivity index (χ3n) is 8.84. The van der Waals surface area contributed by atoms with Crippen LogP contribution in [0.25, 0.3) is 11.3 Å². The van der Waals surface area contributed by atoms with Crippen LogP contribution in [0.4, 0.5) is 20.7 Å². The van der Waals surface area contributed by atoms with E-state index in [1.165, 1.54) is 12.1 Å². The molecule has 3 aliphatic rings. The molecule has 0 radical (unpaired) electrons. The molecular formula is C34H43FN6O6S. The second kappa shape index (κ2) is 15.9. The molecule has 1 aliphatic carbocycles. The number of halogens is 1. The lowest BCUT2D eigenvalue weighted by Crippen LogP contribution is -2.36. The smallest absolute Gasteiger partial charge is 0.315 e. The highest BCUT2D eigenvalue weighted by atomic mass is 32.2. The summed E-state index contributed by atoms with van der Waals surface area (Å²) in [5.41, 5.74) is 4.70. The van der Waals surface area contributed by atoms with Crippen molar-refractivity contribution >= 4 is 35.2 Å². The predicted octanol–water partition coefficient (Wildman–Crippen LogP) is 4.23. The van der Waals surface area contributed by atoms with Gasteiger partial charge in [0.1, 0.15) is 5.82 Å². The number of hydrogen-bond donors (Lipinski definition) is 4. The van der Waals surface area contributed by atoms with E-state index in [1.54, 1.807) is 26.4 Å². The number of fused-ring (bicyclic) bond motifs is 4. The Balaban J connectivity index is 0.905. The van der Waals surface area contributed by atoms with E-state index in [0.29, 0.717) is 80.6 Å². The summed E-state index contributed by atoms with van der Waals surface area (Å²) < 4.78 is 38.4. The third kappa shape index (κ3) is 7.99. The van der Waals surface area contributed by atoms with Gasteiger partial charge in [-0.15, -0.1) is 0 Å². The number of carbonyl (C=O) groups is 2. The van der Waals surface area contributed by atoms with Crippen LogP contribution < -0.4 is 30.7 Å². The number of benzene rings is 2. The first-order valence-electron chi connectivity index (χ1n) is 16.4. The molecule has 1 aromatic heterocycles. The first kappa shape index (κ1) is 33.9. The van der Waals surface area contributed by atoms with E-state index in [1.807, 2.05) is 28.6 Å². The van der Waals surface area contributed by atoms with Crippen LogP contribution in [-0.2, 0) is 27.2 Å². The summed E-state index contributed by atoms with van der Waals surface area (Å²) in [7, 11) is 3.23. The molecule has 3 atom stereocenters. The van der Waals surface area contributed by atoms with Crippen LogP contribution in [0.5, 0.6) is 11.5 Å². The summed E-state index contributed by atoms with van der Waals surface area (Å²) in [6, 6.07) is 10.6. The third-order valence-corrected chi connectivity index (χ3v) is 10.3. The summed E-state index contributed by atoms with van der Waals surface area (Å²) in [4.78, 5) is 23.7. The number of unbranched alkanes of at least 4 members (excludes halogenated alkanes) is 1. The maximum absolute atomic E-state index is 13.9. The number of ether oxygens (including phenoxy) is 4. The molecular weight excluding hydrogens is 639 g/mol. The Morgan fingerprint density at radius 3 is 2.69 bits per heavy atom. The van der Waals surface area contributed by atoms with Gasteiger partial charge in [0, 0.05) is 47.2 Å². The monoisotopic (exact) mass is 682 g/mol. The van der Waals surface area contributed by atoms with Crippen molar-refractivity contribution in [2.45, 2.75) is 56.0 Å². The second-order valence-electron chi connectivity index (χ2n) is 12.0. The largest absolute Gasteiger partial charge is 0.493 e. The van der Waals surface area contributed by atoms with Crippen molar-refractivity contribution in [1.29, 1.82) is 0 Å². The summed E-state index contributed by atoms with van der Waals surface area (Å²) in [5.74, 6) is 2.61. The molecule has 3 unspecified atom stereocenters. The minimum atomic E-state index is -0.324. The van der Waals surface area contributed by atoms with Gasteiger partial charge in [-0.05, 0) is 48.7 Å². The van der Waals surface area contributed by atoms with Gasteiger partial charge in [0.2, 0.25) is 5.91 Å². The van der Waals surface area contributed by atoms with Crippen LogP contribution in [-0.4, -0.2) is 92.0 Å². The molecule has 4 N–H and O–H groups in total. The van der Waals surface area contributed by atoms with Gasteiger partial charge in [-0.1, -0.05) is 12.5 Å². The van der Waals surface area contributed by atoms with Gasteiger partial charge in [-0.2, -0.15) is 16.9 Å². The molecule has 3 heterocycles. The van der Waals surface area contributed by atoms with Gasteiger partial charge in [0.15, 0.2) is 17.3 Å². The number of thioether (sulfide) groups is 1. The minimum absolute atomic E-state index is 0.0262.